The lowest BCUT2D eigenvalue weighted by Gasteiger charge is -2.41. The standard InChI is InChI=1S/C16H21F3O5/c1-6-23-13(21)8-9(12(20)15(3,4)5)11(16(17,18)19)10(8)14(22)24-7-2/h8-9H,6-7H2,1-5H3/t8-,9-/m1/s1. The van der Waals surface area contributed by atoms with E-state index in [0.29, 0.717) is 0 Å². The van der Waals surface area contributed by atoms with Gasteiger partial charge in [0.05, 0.1) is 30.3 Å². The third-order valence-electron chi connectivity index (χ3n) is 3.61. The van der Waals surface area contributed by atoms with Crippen molar-refractivity contribution in [3.05, 3.63) is 11.1 Å². The summed E-state index contributed by atoms with van der Waals surface area (Å²) in [5.74, 6) is -6.41. The number of ketones is 1. The van der Waals surface area contributed by atoms with Crippen LogP contribution < -0.4 is 0 Å². The van der Waals surface area contributed by atoms with Gasteiger partial charge in [-0.05, 0) is 13.8 Å². The summed E-state index contributed by atoms with van der Waals surface area (Å²) in [5, 5.41) is 0. The molecule has 0 fully saturated rings. The number of Topliss-reactive ketones (excluding diaryl/α,β-unsaturated/α-hetero) is 1. The number of esters is 2. The fourth-order valence-corrected chi connectivity index (χ4v) is 2.58. The Balaban J connectivity index is 3.49. The molecule has 0 aromatic rings. The fraction of sp³-hybridized carbons (Fsp3) is 0.688. The van der Waals surface area contributed by atoms with Crippen LogP contribution in [0.5, 0.6) is 0 Å². The van der Waals surface area contributed by atoms with Crippen LogP contribution in [-0.4, -0.2) is 37.1 Å². The molecule has 0 amide bonds. The number of hydrogen-bond donors (Lipinski definition) is 0. The van der Waals surface area contributed by atoms with Crippen LogP contribution >= 0.6 is 0 Å². The first-order valence-corrected chi connectivity index (χ1v) is 7.57. The van der Waals surface area contributed by atoms with Crippen molar-refractivity contribution < 1.29 is 37.0 Å². The molecule has 0 aliphatic heterocycles. The van der Waals surface area contributed by atoms with Crippen molar-refractivity contribution in [2.75, 3.05) is 13.2 Å². The van der Waals surface area contributed by atoms with Crippen LogP contribution in [0, 0.1) is 17.3 Å². The van der Waals surface area contributed by atoms with E-state index in [1.165, 1.54) is 34.6 Å². The summed E-state index contributed by atoms with van der Waals surface area (Å²) in [4.78, 5) is 36.5. The van der Waals surface area contributed by atoms with Crippen molar-refractivity contribution in [1.82, 2.24) is 0 Å². The smallest absolute Gasteiger partial charge is 0.413 e. The van der Waals surface area contributed by atoms with Crippen LogP contribution in [0.4, 0.5) is 13.2 Å². The van der Waals surface area contributed by atoms with Crippen molar-refractivity contribution >= 4 is 17.7 Å². The van der Waals surface area contributed by atoms with Crippen LogP contribution in [0.25, 0.3) is 0 Å². The maximum absolute atomic E-state index is 13.4. The van der Waals surface area contributed by atoms with E-state index < -0.39 is 52.3 Å². The SMILES string of the molecule is CCOC(=O)C1=C(C(F)(F)F)[C@H](C(=O)C(C)(C)C)[C@H]1C(=O)OCC. The second kappa shape index (κ2) is 6.94. The third kappa shape index (κ3) is 3.79. The van der Waals surface area contributed by atoms with Gasteiger partial charge in [0.15, 0.2) is 0 Å². The molecule has 0 saturated carbocycles. The Labute approximate surface area is 138 Å². The van der Waals surface area contributed by atoms with E-state index in [2.05, 4.69) is 4.74 Å². The molecule has 0 aromatic heterocycles. The molecule has 0 saturated heterocycles. The number of alkyl halides is 3. The number of ether oxygens (including phenoxy) is 2. The first kappa shape index (κ1) is 20.2. The maximum atomic E-state index is 13.4. The van der Waals surface area contributed by atoms with Crippen molar-refractivity contribution in [1.29, 1.82) is 0 Å². The second-order valence-corrected chi connectivity index (χ2v) is 6.37. The van der Waals surface area contributed by atoms with Crippen molar-refractivity contribution in [2.24, 2.45) is 17.3 Å². The van der Waals surface area contributed by atoms with Crippen LogP contribution in [0.3, 0.4) is 0 Å². The van der Waals surface area contributed by atoms with Crippen molar-refractivity contribution in [3.8, 4) is 0 Å². The summed E-state index contributed by atoms with van der Waals surface area (Å²) in [6.07, 6.45) is -4.92. The van der Waals surface area contributed by atoms with Crippen molar-refractivity contribution in [2.45, 2.75) is 40.8 Å². The van der Waals surface area contributed by atoms with Crippen molar-refractivity contribution in [3.63, 3.8) is 0 Å². The van der Waals surface area contributed by atoms with E-state index in [4.69, 9.17) is 4.74 Å². The Morgan fingerprint density at radius 1 is 0.958 bits per heavy atom. The molecule has 136 valence electrons. The summed E-state index contributed by atoms with van der Waals surface area (Å²) in [7, 11) is 0. The minimum atomic E-state index is -4.92. The molecule has 0 aromatic carbocycles. The summed E-state index contributed by atoms with van der Waals surface area (Å²) in [6.45, 7) is 7.04. The summed E-state index contributed by atoms with van der Waals surface area (Å²) >= 11 is 0. The first-order valence-electron chi connectivity index (χ1n) is 7.57. The molecule has 0 N–H and O–H groups in total. The first-order chi connectivity index (χ1) is 10.9. The molecule has 24 heavy (non-hydrogen) atoms. The number of rotatable bonds is 5. The Morgan fingerprint density at radius 3 is 1.83 bits per heavy atom. The molecule has 5 nitrogen and oxygen atoms in total. The van der Waals surface area contributed by atoms with Gasteiger partial charge in [-0.1, -0.05) is 20.8 Å². The molecule has 2 atom stereocenters. The molecule has 1 aliphatic carbocycles. The highest BCUT2D eigenvalue weighted by atomic mass is 19.4. The number of carbonyl (C=O) groups excluding carboxylic acids is 3. The Kier molecular flexibility index (Phi) is 5.84. The minimum Gasteiger partial charge on any atom is -0.465 e. The third-order valence-corrected chi connectivity index (χ3v) is 3.61. The average molecular weight is 350 g/mol. The van der Waals surface area contributed by atoms with Gasteiger partial charge >= 0.3 is 18.1 Å². The van der Waals surface area contributed by atoms with Crippen LogP contribution in [-0.2, 0) is 23.9 Å². The van der Waals surface area contributed by atoms with Gasteiger partial charge in [0, 0.05) is 5.41 Å². The zero-order valence-electron chi connectivity index (χ0n) is 14.2. The lowest BCUT2D eigenvalue weighted by Crippen LogP contribution is -2.52. The molecule has 1 rings (SSSR count). The molecule has 0 radical (unpaired) electrons. The molecule has 0 heterocycles. The number of allylic oxidation sites excluding steroid dienone is 1. The van der Waals surface area contributed by atoms with E-state index in [9.17, 15) is 27.6 Å². The zero-order valence-corrected chi connectivity index (χ0v) is 14.2. The quantitative estimate of drug-likeness (QED) is 0.713. The molecular formula is C16H21F3O5. The molecule has 1 aliphatic rings. The number of halogens is 3. The monoisotopic (exact) mass is 350 g/mol. The Morgan fingerprint density at radius 2 is 1.46 bits per heavy atom. The maximum Gasteiger partial charge on any atom is 0.413 e. The summed E-state index contributed by atoms with van der Waals surface area (Å²) in [6, 6.07) is 0. The minimum absolute atomic E-state index is 0.0801. The summed E-state index contributed by atoms with van der Waals surface area (Å²) in [5.41, 5.74) is -3.25. The van der Waals surface area contributed by atoms with Gasteiger partial charge in [-0.2, -0.15) is 13.2 Å². The van der Waals surface area contributed by atoms with Gasteiger partial charge in [0.1, 0.15) is 11.7 Å². The highest BCUT2D eigenvalue weighted by Gasteiger charge is 2.62. The van der Waals surface area contributed by atoms with E-state index in [1.54, 1.807) is 0 Å². The second-order valence-electron chi connectivity index (χ2n) is 6.37. The van der Waals surface area contributed by atoms with E-state index in [1.807, 2.05) is 0 Å². The average Bonchev–Trinajstić information content (AvgIpc) is 2.35. The van der Waals surface area contributed by atoms with Gasteiger partial charge < -0.3 is 9.47 Å². The molecule has 0 unspecified atom stereocenters. The molecule has 0 bridgehead atoms. The summed E-state index contributed by atoms with van der Waals surface area (Å²) < 4.78 is 49.6. The highest BCUT2D eigenvalue weighted by Crippen LogP contribution is 2.52. The van der Waals surface area contributed by atoms with Gasteiger partial charge in [-0.15, -0.1) is 0 Å². The van der Waals surface area contributed by atoms with Gasteiger partial charge in [0.2, 0.25) is 0 Å². The van der Waals surface area contributed by atoms with Gasteiger partial charge in [-0.3, -0.25) is 9.59 Å². The van der Waals surface area contributed by atoms with E-state index >= 15 is 0 Å². The molecule has 8 heteroatoms. The van der Waals surface area contributed by atoms with Gasteiger partial charge in [-0.25, -0.2) is 4.79 Å². The predicted molar refractivity (Wildman–Crippen MR) is 77.8 cm³/mol. The van der Waals surface area contributed by atoms with Gasteiger partial charge in [0.25, 0.3) is 0 Å². The predicted octanol–water partition coefficient (Wildman–Crippen LogP) is 2.83. The Bertz CT molecular complexity index is 569. The van der Waals surface area contributed by atoms with Crippen LogP contribution in [0.1, 0.15) is 34.6 Å². The number of carbonyl (C=O) groups is 3. The van der Waals surface area contributed by atoms with E-state index in [0.717, 1.165) is 0 Å². The molecular weight excluding hydrogens is 329 g/mol. The zero-order chi connectivity index (χ0) is 18.9. The lowest BCUT2D eigenvalue weighted by molar-refractivity contribution is -0.163. The number of hydrogen-bond acceptors (Lipinski definition) is 5. The van der Waals surface area contributed by atoms with Crippen LogP contribution in [0.15, 0.2) is 11.1 Å². The largest absolute Gasteiger partial charge is 0.465 e. The van der Waals surface area contributed by atoms with Crippen LogP contribution in [0.2, 0.25) is 0 Å². The van der Waals surface area contributed by atoms with E-state index in [-0.39, 0.29) is 13.2 Å². The molecule has 0 spiro atoms. The fourth-order valence-electron chi connectivity index (χ4n) is 2.58. The Hall–Kier alpha value is -1.86. The highest BCUT2D eigenvalue weighted by molar-refractivity contribution is 6.06. The normalized spacial score (nSPS) is 21.2. The lowest BCUT2D eigenvalue weighted by atomic mass is 9.61. The topological polar surface area (TPSA) is 69.7 Å².